The van der Waals surface area contributed by atoms with E-state index in [-0.39, 0.29) is 11.2 Å². The largest absolute Gasteiger partial charge is 0.462 e. The van der Waals surface area contributed by atoms with Crippen LogP contribution in [-0.2, 0) is 14.3 Å². The number of ketones is 1. The van der Waals surface area contributed by atoms with Crippen LogP contribution in [-0.4, -0.2) is 18.4 Å². The van der Waals surface area contributed by atoms with Crippen LogP contribution in [0.4, 0.5) is 0 Å². The summed E-state index contributed by atoms with van der Waals surface area (Å²) in [7, 11) is 0. The molecule has 1 heterocycles. The van der Waals surface area contributed by atoms with Gasteiger partial charge in [0.1, 0.15) is 0 Å². The summed E-state index contributed by atoms with van der Waals surface area (Å²) in [6.07, 6.45) is 4.01. The second-order valence-corrected chi connectivity index (χ2v) is 9.78. The first-order valence-electron chi connectivity index (χ1n) is 10.5. The summed E-state index contributed by atoms with van der Waals surface area (Å²) in [4.78, 5) is 26.4. The molecule has 0 spiro atoms. The smallest absolute Gasteiger partial charge is 0.336 e. The number of hydrogen-bond donors (Lipinski definition) is 1. The summed E-state index contributed by atoms with van der Waals surface area (Å²) in [6, 6.07) is 5.19. The lowest BCUT2D eigenvalue weighted by Gasteiger charge is -2.39. The van der Waals surface area contributed by atoms with Crippen LogP contribution in [0.3, 0.4) is 0 Å². The summed E-state index contributed by atoms with van der Waals surface area (Å²) in [5, 5.41) is 4.28. The average molecular weight is 450 g/mol. The summed E-state index contributed by atoms with van der Waals surface area (Å²) >= 11 is 12.7. The number of dihydropyridines is 1. The minimum atomic E-state index is -0.562. The molecule has 1 N–H and O–H groups in total. The van der Waals surface area contributed by atoms with Gasteiger partial charge in [-0.05, 0) is 42.9 Å². The maximum atomic E-state index is 13.2. The molecular formula is C24H29Cl2NO3. The number of halogens is 2. The fourth-order valence-electron chi connectivity index (χ4n) is 4.35. The van der Waals surface area contributed by atoms with Crippen LogP contribution in [0.2, 0.25) is 10.0 Å². The number of allylic oxidation sites excluding steroid dienone is 3. The van der Waals surface area contributed by atoms with Gasteiger partial charge in [-0.25, -0.2) is 4.79 Å². The lowest BCUT2D eigenvalue weighted by Crippen LogP contribution is -2.38. The van der Waals surface area contributed by atoms with Gasteiger partial charge >= 0.3 is 5.97 Å². The van der Waals surface area contributed by atoms with Crippen LogP contribution in [0.25, 0.3) is 0 Å². The second kappa shape index (κ2) is 9.15. The molecule has 0 fully saturated rings. The first kappa shape index (κ1) is 22.9. The Hall–Kier alpha value is -1.78. The van der Waals surface area contributed by atoms with E-state index < -0.39 is 11.9 Å². The third-order valence-corrected chi connectivity index (χ3v) is 6.28. The number of nitrogens with one attached hydrogen (secondary N) is 1. The van der Waals surface area contributed by atoms with E-state index in [1.807, 2.05) is 6.92 Å². The Labute approximate surface area is 188 Å². The molecule has 1 aromatic carbocycles. The van der Waals surface area contributed by atoms with Crippen LogP contribution in [0.1, 0.15) is 71.3 Å². The summed E-state index contributed by atoms with van der Waals surface area (Å²) < 4.78 is 5.59. The molecule has 0 saturated heterocycles. The lowest BCUT2D eigenvalue weighted by atomic mass is 9.68. The van der Waals surface area contributed by atoms with Crippen LogP contribution in [0.15, 0.2) is 40.7 Å². The van der Waals surface area contributed by atoms with Crippen molar-refractivity contribution < 1.29 is 14.3 Å². The highest BCUT2D eigenvalue weighted by atomic mass is 35.5. The zero-order chi connectivity index (χ0) is 22.1. The van der Waals surface area contributed by atoms with Gasteiger partial charge in [-0.2, -0.15) is 0 Å². The second-order valence-electron chi connectivity index (χ2n) is 8.94. The van der Waals surface area contributed by atoms with Gasteiger partial charge in [-0.15, -0.1) is 0 Å². The van der Waals surface area contributed by atoms with Crippen molar-refractivity contribution in [3.8, 4) is 0 Å². The predicted octanol–water partition coefficient (Wildman–Crippen LogP) is 6.33. The van der Waals surface area contributed by atoms with E-state index >= 15 is 0 Å². The van der Waals surface area contributed by atoms with E-state index in [0.717, 1.165) is 31.4 Å². The standard InChI is InChI=1S/C24H29Cl2NO3/c1-5-6-7-10-30-23(29)20-14(2)27-18-12-24(3,4)13-19(28)22(18)21(20)16-9-8-15(25)11-17(16)26/h8-9,11,21,27H,5-7,10,12-13H2,1-4H3/t21-/m1/s1. The summed E-state index contributed by atoms with van der Waals surface area (Å²) in [5.41, 5.74) is 3.19. The quantitative estimate of drug-likeness (QED) is 0.407. The van der Waals surface area contributed by atoms with Crippen molar-refractivity contribution in [1.29, 1.82) is 0 Å². The van der Waals surface area contributed by atoms with Crippen molar-refractivity contribution in [1.82, 2.24) is 5.32 Å². The van der Waals surface area contributed by atoms with Crippen LogP contribution >= 0.6 is 23.2 Å². The molecule has 1 atom stereocenters. The van der Waals surface area contributed by atoms with E-state index in [4.69, 9.17) is 27.9 Å². The zero-order valence-corrected chi connectivity index (χ0v) is 19.5. The molecule has 0 saturated carbocycles. The number of hydrogen-bond acceptors (Lipinski definition) is 4. The Morgan fingerprint density at radius 3 is 2.63 bits per heavy atom. The molecule has 0 aromatic heterocycles. The van der Waals surface area contributed by atoms with E-state index in [2.05, 4.69) is 26.1 Å². The van der Waals surface area contributed by atoms with Gasteiger partial charge in [0, 0.05) is 39.4 Å². The van der Waals surface area contributed by atoms with Gasteiger partial charge in [0.25, 0.3) is 0 Å². The Morgan fingerprint density at radius 1 is 1.23 bits per heavy atom. The average Bonchev–Trinajstić information content (AvgIpc) is 2.63. The fraction of sp³-hybridized carbons (Fsp3) is 0.500. The first-order valence-corrected chi connectivity index (χ1v) is 11.3. The Bertz CT molecular complexity index is 930. The molecular weight excluding hydrogens is 421 g/mol. The Morgan fingerprint density at radius 2 is 1.97 bits per heavy atom. The summed E-state index contributed by atoms with van der Waals surface area (Å²) in [5.74, 6) is -0.932. The maximum absolute atomic E-state index is 13.2. The van der Waals surface area contributed by atoms with Crippen molar-refractivity contribution in [3.63, 3.8) is 0 Å². The van der Waals surface area contributed by atoms with Crippen molar-refractivity contribution in [2.45, 2.75) is 65.7 Å². The molecule has 162 valence electrons. The number of carbonyl (C=O) groups is 2. The van der Waals surface area contributed by atoms with Crippen molar-refractivity contribution in [3.05, 3.63) is 56.3 Å². The van der Waals surface area contributed by atoms with Gasteiger partial charge in [0.15, 0.2) is 5.78 Å². The normalized spacial score (nSPS) is 20.7. The minimum absolute atomic E-state index is 0.0357. The molecule has 1 aromatic rings. The lowest BCUT2D eigenvalue weighted by molar-refractivity contribution is -0.139. The molecule has 0 unspecified atom stereocenters. The molecule has 1 aliphatic carbocycles. The SMILES string of the molecule is CCCCCOC(=O)C1=C(C)NC2=C(C(=O)CC(C)(C)C2)[C@@H]1c1ccc(Cl)cc1Cl. The molecule has 0 radical (unpaired) electrons. The first-order chi connectivity index (χ1) is 14.1. The monoisotopic (exact) mass is 449 g/mol. The van der Waals surface area contributed by atoms with Crippen LogP contribution in [0, 0.1) is 5.41 Å². The van der Waals surface area contributed by atoms with Gasteiger partial charge in [-0.3, -0.25) is 4.79 Å². The number of esters is 1. The molecule has 6 heteroatoms. The molecule has 0 amide bonds. The Balaban J connectivity index is 2.07. The highest BCUT2D eigenvalue weighted by Crippen LogP contribution is 2.48. The van der Waals surface area contributed by atoms with Crippen molar-refractivity contribution >= 4 is 35.0 Å². The molecule has 0 bridgehead atoms. The molecule has 1 aliphatic heterocycles. The number of ether oxygens (including phenoxy) is 1. The highest BCUT2D eigenvalue weighted by Gasteiger charge is 2.43. The van der Waals surface area contributed by atoms with Crippen molar-refractivity contribution in [2.24, 2.45) is 5.41 Å². The number of rotatable bonds is 6. The molecule has 30 heavy (non-hydrogen) atoms. The van der Waals surface area contributed by atoms with Crippen LogP contribution < -0.4 is 5.32 Å². The van der Waals surface area contributed by atoms with Crippen LogP contribution in [0.5, 0.6) is 0 Å². The fourth-order valence-corrected chi connectivity index (χ4v) is 4.87. The topological polar surface area (TPSA) is 55.4 Å². The van der Waals surface area contributed by atoms with Gasteiger partial charge in [-0.1, -0.05) is 62.9 Å². The van der Waals surface area contributed by atoms with Gasteiger partial charge in [0.05, 0.1) is 12.2 Å². The number of unbranched alkanes of at least 4 members (excludes halogenated alkanes) is 2. The van der Waals surface area contributed by atoms with E-state index in [9.17, 15) is 9.59 Å². The minimum Gasteiger partial charge on any atom is -0.462 e. The number of benzene rings is 1. The number of Topliss-reactive ketones (excluding diaryl/α,β-unsaturated/α-hetero) is 1. The van der Waals surface area contributed by atoms with Crippen molar-refractivity contribution in [2.75, 3.05) is 6.61 Å². The highest BCUT2D eigenvalue weighted by molar-refractivity contribution is 6.35. The van der Waals surface area contributed by atoms with E-state index in [0.29, 0.717) is 45.5 Å². The van der Waals surface area contributed by atoms with E-state index in [1.165, 1.54) is 0 Å². The molecule has 2 aliphatic rings. The number of carbonyl (C=O) groups excluding carboxylic acids is 2. The van der Waals surface area contributed by atoms with Gasteiger partial charge in [0.2, 0.25) is 0 Å². The maximum Gasteiger partial charge on any atom is 0.336 e. The Kier molecular flexibility index (Phi) is 6.98. The third-order valence-electron chi connectivity index (χ3n) is 5.71. The van der Waals surface area contributed by atoms with Gasteiger partial charge < -0.3 is 10.1 Å². The summed E-state index contributed by atoms with van der Waals surface area (Å²) in [6.45, 7) is 8.48. The van der Waals surface area contributed by atoms with E-state index in [1.54, 1.807) is 18.2 Å². The third kappa shape index (κ3) is 4.76. The zero-order valence-electron chi connectivity index (χ0n) is 18.0. The predicted molar refractivity (Wildman–Crippen MR) is 121 cm³/mol. The molecule has 3 rings (SSSR count). The molecule has 4 nitrogen and oxygen atoms in total.